The Balaban J connectivity index is 1.97. The van der Waals surface area contributed by atoms with E-state index in [4.69, 9.17) is 4.98 Å². The first kappa shape index (κ1) is 10.9. The lowest BCUT2D eigenvalue weighted by molar-refractivity contribution is 0.788. The van der Waals surface area contributed by atoms with Crippen LogP contribution in [0.15, 0.2) is 18.2 Å². The number of aromatic nitrogens is 1. The minimum Gasteiger partial charge on any atom is -0.319 e. The molecule has 1 aliphatic rings. The Hall–Kier alpha value is -1.19. The monoisotopic (exact) mass is 244 g/mol. The zero-order valence-electron chi connectivity index (χ0n) is 10.2. The van der Waals surface area contributed by atoms with Crippen molar-refractivity contribution in [2.24, 2.45) is 0 Å². The van der Waals surface area contributed by atoms with Gasteiger partial charge in [0.1, 0.15) is 0 Å². The quantitative estimate of drug-likeness (QED) is 0.766. The summed E-state index contributed by atoms with van der Waals surface area (Å²) in [5.41, 5.74) is 5.35. The SMILES string of the molecule is CNCCc1nc2c(s1)Cc1ccc(C)cc1-2. The number of hydrogen-bond acceptors (Lipinski definition) is 3. The van der Waals surface area contributed by atoms with Gasteiger partial charge in [-0.1, -0.05) is 17.7 Å². The Bertz CT molecular complexity index is 557. The lowest BCUT2D eigenvalue weighted by Gasteiger charge is -2.01. The molecular weight excluding hydrogens is 228 g/mol. The van der Waals surface area contributed by atoms with Gasteiger partial charge in [-0.2, -0.15) is 0 Å². The van der Waals surface area contributed by atoms with E-state index in [1.807, 2.05) is 18.4 Å². The predicted molar refractivity (Wildman–Crippen MR) is 72.7 cm³/mol. The molecule has 0 radical (unpaired) electrons. The standard InChI is InChI=1S/C14H16N2S/c1-9-3-4-10-8-12-14(11(10)7-9)16-13(17-12)5-6-15-2/h3-4,7,15H,5-6,8H2,1-2H3. The smallest absolute Gasteiger partial charge is 0.0948 e. The second kappa shape index (κ2) is 4.24. The highest BCUT2D eigenvalue weighted by Gasteiger charge is 2.22. The molecule has 88 valence electrons. The Morgan fingerprint density at radius 2 is 2.29 bits per heavy atom. The molecule has 0 saturated heterocycles. The first-order valence-corrected chi connectivity index (χ1v) is 6.82. The second-order valence-corrected chi connectivity index (χ2v) is 5.74. The minimum absolute atomic E-state index is 1.01. The molecule has 0 saturated carbocycles. The van der Waals surface area contributed by atoms with Crippen molar-refractivity contribution < 1.29 is 0 Å². The van der Waals surface area contributed by atoms with Gasteiger partial charge in [0.15, 0.2) is 0 Å². The molecule has 3 rings (SSSR count). The zero-order valence-corrected chi connectivity index (χ0v) is 11.0. The van der Waals surface area contributed by atoms with E-state index in [1.54, 1.807) is 0 Å². The Kier molecular flexibility index (Phi) is 2.73. The van der Waals surface area contributed by atoms with Crippen molar-refractivity contribution in [2.45, 2.75) is 19.8 Å². The molecule has 1 aliphatic carbocycles. The van der Waals surface area contributed by atoms with E-state index in [0.29, 0.717) is 0 Å². The van der Waals surface area contributed by atoms with Crippen LogP contribution in [-0.2, 0) is 12.8 Å². The molecule has 0 bridgehead atoms. The van der Waals surface area contributed by atoms with E-state index in [1.165, 1.54) is 32.3 Å². The Labute approximate surface area is 106 Å². The molecule has 1 aromatic carbocycles. The molecule has 3 heteroatoms. The average Bonchev–Trinajstić information content (AvgIpc) is 2.84. The Morgan fingerprint density at radius 1 is 1.41 bits per heavy atom. The molecule has 17 heavy (non-hydrogen) atoms. The molecule has 2 aromatic rings. The summed E-state index contributed by atoms with van der Waals surface area (Å²) in [5, 5.41) is 4.44. The predicted octanol–water partition coefficient (Wildman–Crippen LogP) is 2.78. The van der Waals surface area contributed by atoms with Crippen molar-refractivity contribution in [1.82, 2.24) is 10.3 Å². The van der Waals surface area contributed by atoms with Gasteiger partial charge in [-0.05, 0) is 25.6 Å². The molecule has 1 N–H and O–H groups in total. The van der Waals surface area contributed by atoms with Crippen LogP contribution in [0.3, 0.4) is 0 Å². The summed E-state index contributed by atoms with van der Waals surface area (Å²) in [5.74, 6) is 0. The van der Waals surface area contributed by atoms with Crippen LogP contribution in [0, 0.1) is 6.92 Å². The largest absolute Gasteiger partial charge is 0.319 e. The zero-order chi connectivity index (χ0) is 11.8. The highest BCUT2D eigenvalue weighted by molar-refractivity contribution is 7.12. The highest BCUT2D eigenvalue weighted by atomic mass is 32.1. The van der Waals surface area contributed by atoms with Crippen molar-refractivity contribution >= 4 is 11.3 Å². The maximum atomic E-state index is 4.79. The molecule has 2 nitrogen and oxygen atoms in total. The molecule has 0 fully saturated rings. The van der Waals surface area contributed by atoms with Crippen LogP contribution in [0.2, 0.25) is 0 Å². The fourth-order valence-electron chi connectivity index (χ4n) is 2.31. The number of thiazole rings is 1. The molecule has 1 aromatic heterocycles. The number of rotatable bonds is 3. The van der Waals surface area contributed by atoms with Crippen LogP contribution in [-0.4, -0.2) is 18.6 Å². The maximum Gasteiger partial charge on any atom is 0.0948 e. The van der Waals surface area contributed by atoms with Crippen molar-refractivity contribution in [1.29, 1.82) is 0 Å². The van der Waals surface area contributed by atoms with Crippen LogP contribution in [0.5, 0.6) is 0 Å². The van der Waals surface area contributed by atoms with Gasteiger partial charge in [-0.15, -0.1) is 11.3 Å². The van der Waals surface area contributed by atoms with Gasteiger partial charge in [0.25, 0.3) is 0 Å². The van der Waals surface area contributed by atoms with Crippen LogP contribution in [0.4, 0.5) is 0 Å². The van der Waals surface area contributed by atoms with Crippen molar-refractivity contribution in [3.05, 3.63) is 39.2 Å². The first-order valence-electron chi connectivity index (χ1n) is 6.01. The number of nitrogens with one attached hydrogen (secondary N) is 1. The summed E-state index contributed by atoms with van der Waals surface area (Å²) in [6.45, 7) is 3.15. The molecule has 0 amide bonds. The lowest BCUT2D eigenvalue weighted by atomic mass is 10.1. The van der Waals surface area contributed by atoms with Gasteiger partial charge in [0.05, 0.1) is 10.7 Å². The summed E-state index contributed by atoms with van der Waals surface area (Å²) >= 11 is 1.87. The van der Waals surface area contributed by atoms with Crippen LogP contribution in [0.1, 0.15) is 21.0 Å². The number of likely N-dealkylation sites (N-methyl/N-ethyl adjacent to an activating group) is 1. The molecule has 1 heterocycles. The van der Waals surface area contributed by atoms with Crippen molar-refractivity contribution in [3.63, 3.8) is 0 Å². The van der Waals surface area contributed by atoms with Crippen LogP contribution in [0.25, 0.3) is 11.3 Å². The highest BCUT2D eigenvalue weighted by Crippen LogP contribution is 2.39. The van der Waals surface area contributed by atoms with Gasteiger partial charge in [0.2, 0.25) is 0 Å². The van der Waals surface area contributed by atoms with Gasteiger partial charge in [-0.3, -0.25) is 0 Å². The van der Waals surface area contributed by atoms with Gasteiger partial charge >= 0.3 is 0 Å². The van der Waals surface area contributed by atoms with E-state index < -0.39 is 0 Å². The third-order valence-corrected chi connectivity index (χ3v) is 4.32. The van der Waals surface area contributed by atoms with E-state index in [-0.39, 0.29) is 0 Å². The van der Waals surface area contributed by atoms with Crippen molar-refractivity contribution in [3.8, 4) is 11.3 Å². The van der Waals surface area contributed by atoms with E-state index in [9.17, 15) is 0 Å². The van der Waals surface area contributed by atoms with E-state index in [2.05, 4.69) is 30.4 Å². The molecule has 0 aliphatic heterocycles. The number of benzene rings is 1. The van der Waals surface area contributed by atoms with Crippen LogP contribution >= 0.6 is 11.3 Å². The van der Waals surface area contributed by atoms with E-state index in [0.717, 1.165) is 19.4 Å². The third kappa shape index (κ3) is 1.90. The molecular formula is C14H16N2S. The first-order chi connectivity index (χ1) is 8.28. The Morgan fingerprint density at radius 3 is 3.12 bits per heavy atom. The van der Waals surface area contributed by atoms with Crippen molar-refractivity contribution in [2.75, 3.05) is 13.6 Å². The summed E-state index contributed by atoms with van der Waals surface area (Å²) in [4.78, 5) is 6.23. The van der Waals surface area contributed by atoms with E-state index >= 15 is 0 Å². The third-order valence-electron chi connectivity index (χ3n) is 3.20. The molecule has 0 atom stereocenters. The molecule has 0 unspecified atom stereocenters. The summed E-state index contributed by atoms with van der Waals surface area (Å²) in [6, 6.07) is 6.70. The number of nitrogens with zero attached hydrogens (tertiary/aromatic N) is 1. The van der Waals surface area contributed by atoms with Gasteiger partial charge in [-0.25, -0.2) is 4.98 Å². The van der Waals surface area contributed by atoms with Crippen LogP contribution < -0.4 is 5.32 Å². The fraction of sp³-hybridized carbons (Fsp3) is 0.357. The second-order valence-electron chi connectivity index (χ2n) is 4.57. The summed E-state index contributed by atoms with van der Waals surface area (Å²) < 4.78 is 0. The molecule has 0 spiro atoms. The number of aryl methyl sites for hydroxylation is 1. The summed E-state index contributed by atoms with van der Waals surface area (Å²) in [6.07, 6.45) is 2.11. The number of fused-ring (bicyclic) bond motifs is 3. The van der Waals surface area contributed by atoms with Gasteiger partial charge in [0, 0.05) is 29.8 Å². The summed E-state index contributed by atoms with van der Waals surface area (Å²) in [7, 11) is 1.99. The number of hydrogen-bond donors (Lipinski definition) is 1. The minimum atomic E-state index is 1.01. The fourth-order valence-corrected chi connectivity index (χ4v) is 3.41. The lowest BCUT2D eigenvalue weighted by Crippen LogP contribution is -2.10. The van der Waals surface area contributed by atoms with Gasteiger partial charge < -0.3 is 5.32 Å². The topological polar surface area (TPSA) is 24.9 Å². The normalized spacial score (nSPS) is 12.6. The average molecular weight is 244 g/mol. The maximum absolute atomic E-state index is 4.79.